The Labute approximate surface area is 217 Å². The zero-order valence-corrected chi connectivity index (χ0v) is 21.3. The van der Waals surface area contributed by atoms with E-state index < -0.39 is 5.60 Å². The van der Waals surface area contributed by atoms with E-state index in [1.165, 1.54) is 17.6 Å². The molecule has 5 rings (SSSR count). The van der Waals surface area contributed by atoms with Crippen LogP contribution in [0.15, 0.2) is 77.5 Å². The first-order valence-electron chi connectivity index (χ1n) is 11.6. The third-order valence-corrected chi connectivity index (χ3v) is 6.84. The average Bonchev–Trinajstić information content (AvgIpc) is 3.63. The number of fused-ring (bicyclic) bond motifs is 1. The smallest absolute Gasteiger partial charge is 0.268 e. The minimum atomic E-state index is -1.06. The van der Waals surface area contributed by atoms with Crippen LogP contribution in [0.3, 0.4) is 0 Å². The number of nitrogens with zero attached hydrogens (tertiary/aromatic N) is 4. The lowest BCUT2D eigenvalue weighted by atomic mass is 10.1. The summed E-state index contributed by atoms with van der Waals surface area (Å²) in [4.78, 5) is 33.5. The van der Waals surface area contributed by atoms with Crippen LogP contribution in [0, 0.1) is 0 Å². The van der Waals surface area contributed by atoms with E-state index in [4.69, 9.17) is 4.52 Å². The van der Waals surface area contributed by atoms with Gasteiger partial charge in [-0.2, -0.15) is 0 Å². The number of aromatic nitrogens is 3. The van der Waals surface area contributed by atoms with Crippen molar-refractivity contribution < 1.29 is 19.2 Å². The number of nitrogens with one attached hydrogen (secondary N) is 1. The molecule has 2 aromatic carbocycles. The molecule has 2 amide bonds. The van der Waals surface area contributed by atoms with Crippen molar-refractivity contribution in [2.75, 3.05) is 17.3 Å². The molecule has 0 fully saturated rings. The van der Waals surface area contributed by atoms with Gasteiger partial charge in [-0.1, -0.05) is 23.4 Å². The lowest BCUT2D eigenvalue weighted by Crippen LogP contribution is -2.27. The minimum absolute atomic E-state index is 0.148. The summed E-state index contributed by atoms with van der Waals surface area (Å²) in [6.45, 7) is 3.58. The summed E-state index contributed by atoms with van der Waals surface area (Å²) in [6.07, 6.45) is 1.48. The first-order chi connectivity index (χ1) is 17.7. The third kappa shape index (κ3) is 5.16. The number of carbonyl (C=O) groups excluding carboxylic acids is 2. The maximum Gasteiger partial charge on any atom is 0.268 e. The van der Waals surface area contributed by atoms with Crippen molar-refractivity contribution >= 4 is 45.8 Å². The Balaban J connectivity index is 1.46. The molecule has 0 bridgehead atoms. The van der Waals surface area contributed by atoms with Crippen LogP contribution in [0.2, 0.25) is 0 Å². The molecule has 3 aromatic heterocycles. The van der Waals surface area contributed by atoms with Crippen molar-refractivity contribution in [1.29, 1.82) is 0 Å². The minimum Gasteiger partial charge on any atom is -0.389 e. The highest BCUT2D eigenvalue weighted by molar-refractivity contribution is 7.17. The summed E-state index contributed by atoms with van der Waals surface area (Å²) in [7, 11) is 1.70. The first-order valence-corrected chi connectivity index (χ1v) is 12.4. The Morgan fingerprint density at radius 1 is 1.11 bits per heavy atom. The Bertz CT molecular complexity index is 1570. The quantitative estimate of drug-likeness (QED) is 0.314. The topological polar surface area (TPSA) is 113 Å². The van der Waals surface area contributed by atoms with Crippen molar-refractivity contribution in [3.8, 4) is 10.6 Å². The molecule has 10 heteroatoms. The van der Waals surface area contributed by atoms with Crippen LogP contribution < -0.4 is 10.2 Å². The number of hydrogen-bond acceptors (Lipinski definition) is 7. The molecule has 0 saturated heterocycles. The predicted molar refractivity (Wildman–Crippen MR) is 143 cm³/mol. The van der Waals surface area contributed by atoms with E-state index in [1.54, 1.807) is 60.7 Å². The van der Waals surface area contributed by atoms with Gasteiger partial charge < -0.3 is 19.1 Å². The van der Waals surface area contributed by atoms with Gasteiger partial charge in [0.05, 0.1) is 32.9 Å². The van der Waals surface area contributed by atoms with Crippen LogP contribution in [0.25, 0.3) is 21.6 Å². The van der Waals surface area contributed by atoms with Gasteiger partial charge in [0.25, 0.3) is 11.8 Å². The lowest BCUT2D eigenvalue weighted by Gasteiger charge is -2.20. The van der Waals surface area contributed by atoms with Crippen molar-refractivity contribution in [3.63, 3.8) is 0 Å². The van der Waals surface area contributed by atoms with Crippen molar-refractivity contribution in [2.45, 2.75) is 26.0 Å². The molecule has 5 aromatic rings. The van der Waals surface area contributed by atoms with Crippen LogP contribution in [0.5, 0.6) is 0 Å². The Morgan fingerprint density at radius 3 is 2.59 bits per heavy atom. The maximum atomic E-state index is 13.1. The molecule has 2 N–H and O–H groups in total. The number of amides is 2. The van der Waals surface area contributed by atoms with E-state index >= 15 is 0 Å². The van der Waals surface area contributed by atoms with Crippen LogP contribution in [0.1, 0.15) is 33.9 Å². The number of aliphatic hydroxyl groups is 1. The molecule has 37 heavy (non-hydrogen) atoms. The fourth-order valence-electron chi connectivity index (χ4n) is 3.96. The average molecular weight is 516 g/mol. The highest BCUT2D eigenvalue weighted by Crippen LogP contribution is 2.30. The molecule has 3 heterocycles. The van der Waals surface area contributed by atoms with E-state index in [0.717, 1.165) is 10.4 Å². The van der Waals surface area contributed by atoms with Crippen molar-refractivity contribution in [1.82, 2.24) is 14.7 Å². The van der Waals surface area contributed by atoms with Gasteiger partial charge in [0.1, 0.15) is 12.0 Å². The lowest BCUT2D eigenvalue weighted by molar-refractivity contribution is 0.0630. The summed E-state index contributed by atoms with van der Waals surface area (Å²) in [5, 5.41) is 17.3. The molecule has 0 unspecified atom stereocenters. The summed E-state index contributed by atoms with van der Waals surface area (Å²) in [5.41, 5.74) is 2.12. The number of rotatable bonds is 7. The van der Waals surface area contributed by atoms with Gasteiger partial charge in [0.15, 0.2) is 0 Å². The van der Waals surface area contributed by atoms with Crippen LogP contribution in [-0.2, 0) is 6.54 Å². The highest BCUT2D eigenvalue weighted by atomic mass is 32.1. The summed E-state index contributed by atoms with van der Waals surface area (Å²) >= 11 is 1.29. The van der Waals surface area contributed by atoms with Gasteiger partial charge in [0.2, 0.25) is 5.95 Å². The fraction of sp³-hybridized carbons (Fsp3) is 0.185. The van der Waals surface area contributed by atoms with Crippen LogP contribution in [0.4, 0.5) is 11.6 Å². The second kappa shape index (κ2) is 9.64. The molecule has 188 valence electrons. The van der Waals surface area contributed by atoms with E-state index in [2.05, 4.69) is 15.5 Å². The first kappa shape index (κ1) is 24.4. The molecular formula is C27H25N5O4S. The van der Waals surface area contributed by atoms with Gasteiger partial charge in [-0.25, -0.2) is 4.98 Å². The van der Waals surface area contributed by atoms with Crippen molar-refractivity contribution in [2.24, 2.45) is 0 Å². The molecule has 0 aliphatic heterocycles. The number of thiophene rings is 1. The monoisotopic (exact) mass is 515 g/mol. The van der Waals surface area contributed by atoms with E-state index in [-0.39, 0.29) is 18.4 Å². The zero-order chi connectivity index (χ0) is 26.2. The predicted octanol–water partition coefficient (Wildman–Crippen LogP) is 5.05. The largest absolute Gasteiger partial charge is 0.389 e. The molecular weight excluding hydrogens is 490 g/mol. The number of anilines is 2. The number of hydrogen-bond donors (Lipinski definition) is 2. The molecule has 0 saturated carbocycles. The summed E-state index contributed by atoms with van der Waals surface area (Å²) in [5.74, 6) is -0.179. The second-order valence-corrected chi connectivity index (χ2v) is 10.3. The van der Waals surface area contributed by atoms with Gasteiger partial charge in [-0.15, -0.1) is 11.3 Å². The summed E-state index contributed by atoms with van der Waals surface area (Å²) in [6, 6.07) is 19.7. The van der Waals surface area contributed by atoms with E-state index in [1.807, 2.05) is 36.4 Å². The molecule has 0 radical (unpaired) electrons. The molecule has 0 atom stereocenters. The number of carbonyl (C=O) groups is 2. The van der Waals surface area contributed by atoms with Gasteiger partial charge in [0, 0.05) is 24.4 Å². The van der Waals surface area contributed by atoms with Gasteiger partial charge >= 0.3 is 0 Å². The standard InChI is InChI=1S/C27H25N5O4S/c1-27(2,35)16-32-21-10-9-18(31(3)25(34)17-7-5-4-6-8-17)15-20(21)28-26(32)29-24(33)23-12-11-22(37-23)19-13-14-36-30-19/h4-15,35H,16H2,1-3H3,(H,28,29,33). The summed E-state index contributed by atoms with van der Waals surface area (Å²) < 4.78 is 6.66. The zero-order valence-electron chi connectivity index (χ0n) is 20.5. The number of imidazole rings is 1. The molecule has 0 aliphatic rings. The van der Waals surface area contributed by atoms with Gasteiger partial charge in [-0.3, -0.25) is 14.9 Å². The molecule has 9 nitrogen and oxygen atoms in total. The normalized spacial score (nSPS) is 11.6. The second-order valence-electron chi connectivity index (χ2n) is 9.24. The number of benzene rings is 2. The Hall–Kier alpha value is -4.28. The fourth-order valence-corrected chi connectivity index (χ4v) is 4.82. The van der Waals surface area contributed by atoms with Crippen LogP contribution >= 0.6 is 11.3 Å². The third-order valence-electron chi connectivity index (χ3n) is 5.73. The highest BCUT2D eigenvalue weighted by Gasteiger charge is 2.23. The molecule has 0 aliphatic carbocycles. The Kier molecular flexibility index (Phi) is 6.36. The SMILES string of the molecule is CN(C(=O)c1ccccc1)c1ccc2c(c1)nc(NC(=O)c1ccc(-c3ccon3)s1)n2CC(C)(C)O. The van der Waals surface area contributed by atoms with Gasteiger partial charge in [-0.05, 0) is 56.3 Å². The maximum absolute atomic E-state index is 13.1. The van der Waals surface area contributed by atoms with E-state index in [0.29, 0.717) is 33.3 Å². The van der Waals surface area contributed by atoms with Crippen molar-refractivity contribution in [3.05, 3.63) is 83.4 Å². The van der Waals surface area contributed by atoms with Crippen LogP contribution in [-0.4, -0.2) is 44.3 Å². The Morgan fingerprint density at radius 2 is 1.89 bits per heavy atom. The molecule has 0 spiro atoms. The van der Waals surface area contributed by atoms with E-state index in [9.17, 15) is 14.7 Å².